The van der Waals surface area contributed by atoms with E-state index in [0.717, 1.165) is 34.2 Å². The molecule has 2 atom stereocenters. The van der Waals surface area contributed by atoms with Crippen molar-refractivity contribution in [1.82, 2.24) is 10.3 Å². The molecule has 4 nitrogen and oxygen atoms in total. The second-order valence-electron chi connectivity index (χ2n) is 7.61. The minimum absolute atomic E-state index is 0.0545. The Morgan fingerprint density at radius 1 is 0.903 bits per heavy atom. The van der Waals surface area contributed by atoms with Gasteiger partial charge in [-0.2, -0.15) is 0 Å². The van der Waals surface area contributed by atoms with Crippen LogP contribution in [0.15, 0.2) is 78.2 Å². The van der Waals surface area contributed by atoms with Crippen molar-refractivity contribution in [3.05, 3.63) is 99.9 Å². The average Bonchev–Trinajstić information content (AvgIpc) is 3.34. The summed E-state index contributed by atoms with van der Waals surface area (Å²) in [4.78, 5) is 4.98. The van der Waals surface area contributed by atoms with Gasteiger partial charge < -0.3 is 9.47 Å². The Labute approximate surface area is 186 Å². The number of hydrogen-bond acceptors (Lipinski definition) is 5. The second kappa shape index (κ2) is 8.53. The van der Waals surface area contributed by atoms with E-state index in [1.807, 2.05) is 12.1 Å². The van der Waals surface area contributed by atoms with Crippen molar-refractivity contribution in [3.8, 4) is 22.8 Å². The van der Waals surface area contributed by atoms with Crippen molar-refractivity contribution in [3.63, 3.8) is 0 Å². The lowest BCUT2D eigenvalue weighted by molar-refractivity contribution is 0.351. The SMILES string of the molecule is COc1cc2c(cc1OC)[C@@H](c1ccccc1)N[C@H](c1nc(-c3ccccc3)cs1)C2. The summed E-state index contributed by atoms with van der Waals surface area (Å²) in [5.41, 5.74) is 5.87. The van der Waals surface area contributed by atoms with Gasteiger partial charge in [-0.05, 0) is 35.2 Å². The Morgan fingerprint density at radius 3 is 2.29 bits per heavy atom. The lowest BCUT2D eigenvalue weighted by Gasteiger charge is -2.33. The van der Waals surface area contributed by atoms with Crippen LogP contribution in [-0.2, 0) is 6.42 Å². The highest BCUT2D eigenvalue weighted by molar-refractivity contribution is 7.10. The molecular formula is C26H24N2O2S. The first kappa shape index (κ1) is 19.8. The number of ether oxygens (including phenoxy) is 2. The second-order valence-corrected chi connectivity index (χ2v) is 8.50. The van der Waals surface area contributed by atoms with E-state index in [1.165, 1.54) is 16.7 Å². The predicted molar refractivity (Wildman–Crippen MR) is 125 cm³/mol. The van der Waals surface area contributed by atoms with Gasteiger partial charge in [-0.3, -0.25) is 5.32 Å². The van der Waals surface area contributed by atoms with Gasteiger partial charge in [-0.15, -0.1) is 11.3 Å². The highest BCUT2D eigenvalue weighted by atomic mass is 32.1. The first-order valence-electron chi connectivity index (χ1n) is 10.3. The largest absolute Gasteiger partial charge is 0.493 e. The van der Waals surface area contributed by atoms with Gasteiger partial charge >= 0.3 is 0 Å². The van der Waals surface area contributed by atoms with E-state index in [4.69, 9.17) is 14.5 Å². The maximum Gasteiger partial charge on any atom is 0.161 e. The molecule has 2 heterocycles. The van der Waals surface area contributed by atoms with Crippen molar-refractivity contribution in [2.45, 2.75) is 18.5 Å². The number of benzene rings is 3. The van der Waals surface area contributed by atoms with E-state index >= 15 is 0 Å². The summed E-state index contributed by atoms with van der Waals surface area (Å²) in [6, 6.07) is 25.3. The topological polar surface area (TPSA) is 43.4 Å². The zero-order chi connectivity index (χ0) is 21.2. The summed E-state index contributed by atoms with van der Waals surface area (Å²) in [5.74, 6) is 1.51. The third-order valence-corrected chi connectivity index (χ3v) is 6.73. The van der Waals surface area contributed by atoms with Crippen LogP contribution in [0.25, 0.3) is 11.3 Å². The third kappa shape index (κ3) is 3.82. The van der Waals surface area contributed by atoms with E-state index in [0.29, 0.717) is 0 Å². The first-order valence-corrected chi connectivity index (χ1v) is 11.2. The molecule has 1 aliphatic heterocycles. The lowest BCUT2D eigenvalue weighted by Crippen LogP contribution is -2.34. The molecule has 0 fully saturated rings. The maximum absolute atomic E-state index is 5.59. The molecule has 0 amide bonds. The zero-order valence-electron chi connectivity index (χ0n) is 17.5. The monoisotopic (exact) mass is 428 g/mol. The molecule has 0 bridgehead atoms. The minimum Gasteiger partial charge on any atom is -0.493 e. The summed E-state index contributed by atoms with van der Waals surface area (Å²) < 4.78 is 11.2. The highest BCUT2D eigenvalue weighted by Gasteiger charge is 2.31. The van der Waals surface area contributed by atoms with Gasteiger partial charge in [-0.25, -0.2) is 4.98 Å². The van der Waals surface area contributed by atoms with Gasteiger partial charge in [-0.1, -0.05) is 60.7 Å². The van der Waals surface area contributed by atoms with Crippen molar-refractivity contribution in [1.29, 1.82) is 0 Å². The van der Waals surface area contributed by atoms with Crippen molar-refractivity contribution < 1.29 is 9.47 Å². The number of thiazole rings is 1. The molecule has 0 aliphatic carbocycles. The number of methoxy groups -OCH3 is 2. The van der Waals surface area contributed by atoms with Crippen LogP contribution in [0.1, 0.15) is 33.8 Å². The number of nitrogens with one attached hydrogen (secondary N) is 1. The van der Waals surface area contributed by atoms with Crippen LogP contribution in [0, 0.1) is 0 Å². The summed E-state index contributed by atoms with van der Waals surface area (Å²) in [6.45, 7) is 0. The summed E-state index contributed by atoms with van der Waals surface area (Å²) in [5, 5.41) is 7.09. The summed E-state index contributed by atoms with van der Waals surface area (Å²) in [6.07, 6.45) is 0.848. The lowest BCUT2D eigenvalue weighted by atomic mass is 9.86. The van der Waals surface area contributed by atoms with Crippen LogP contribution in [0.4, 0.5) is 0 Å². The number of hydrogen-bond donors (Lipinski definition) is 1. The van der Waals surface area contributed by atoms with Crippen LogP contribution in [0.2, 0.25) is 0 Å². The third-order valence-electron chi connectivity index (χ3n) is 5.77. The van der Waals surface area contributed by atoms with E-state index in [-0.39, 0.29) is 12.1 Å². The maximum atomic E-state index is 5.59. The van der Waals surface area contributed by atoms with Crippen LogP contribution >= 0.6 is 11.3 Å². The summed E-state index contributed by atoms with van der Waals surface area (Å²) in [7, 11) is 3.37. The Kier molecular flexibility index (Phi) is 5.45. The Morgan fingerprint density at radius 2 is 1.58 bits per heavy atom. The molecular weight excluding hydrogens is 404 g/mol. The zero-order valence-corrected chi connectivity index (χ0v) is 18.4. The Balaban J connectivity index is 1.56. The highest BCUT2D eigenvalue weighted by Crippen LogP contribution is 2.42. The van der Waals surface area contributed by atoms with Gasteiger partial charge in [0.1, 0.15) is 5.01 Å². The van der Waals surface area contributed by atoms with Crippen molar-refractivity contribution >= 4 is 11.3 Å². The Bertz CT molecular complexity index is 1170. The number of aromatic nitrogens is 1. The number of rotatable bonds is 5. The fourth-order valence-corrected chi connectivity index (χ4v) is 5.11. The van der Waals surface area contributed by atoms with E-state index in [2.05, 4.69) is 71.4 Å². The Hall–Kier alpha value is -3.15. The van der Waals surface area contributed by atoms with Crippen molar-refractivity contribution in [2.75, 3.05) is 14.2 Å². The number of fused-ring (bicyclic) bond motifs is 1. The quantitative estimate of drug-likeness (QED) is 0.436. The predicted octanol–water partition coefficient (Wildman–Crippen LogP) is 5.80. The van der Waals surface area contributed by atoms with Gasteiger partial charge in [0.15, 0.2) is 11.5 Å². The molecule has 31 heavy (non-hydrogen) atoms. The van der Waals surface area contributed by atoms with Gasteiger partial charge in [0.25, 0.3) is 0 Å². The van der Waals surface area contributed by atoms with Crippen molar-refractivity contribution in [2.24, 2.45) is 0 Å². The smallest absolute Gasteiger partial charge is 0.161 e. The van der Waals surface area contributed by atoms with Crippen LogP contribution in [0.5, 0.6) is 11.5 Å². The normalized spacial score (nSPS) is 17.7. The molecule has 0 saturated carbocycles. The number of nitrogens with zero attached hydrogens (tertiary/aromatic N) is 1. The van der Waals surface area contributed by atoms with Crippen LogP contribution in [-0.4, -0.2) is 19.2 Å². The molecule has 1 N–H and O–H groups in total. The van der Waals surface area contributed by atoms with Crippen LogP contribution in [0.3, 0.4) is 0 Å². The minimum atomic E-state index is 0.0545. The molecule has 156 valence electrons. The van der Waals surface area contributed by atoms with Crippen LogP contribution < -0.4 is 14.8 Å². The molecule has 5 heteroatoms. The molecule has 3 aromatic carbocycles. The standard InChI is InChI=1S/C26H24N2O2S/c1-29-23-14-19-13-21(26-28-22(16-31-26)17-9-5-3-6-10-17)27-25(18-11-7-4-8-12-18)20(19)15-24(23)30-2/h3-12,14-16,21,25,27H,13H2,1-2H3/t21-,25+/m0/s1. The molecule has 1 aliphatic rings. The van der Waals surface area contributed by atoms with Gasteiger partial charge in [0, 0.05) is 10.9 Å². The fourth-order valence-electron chi connectivity index (χ4n) is 4.22. The average molecular weight is 429 g/mol. The molecule has 0 saturated heterocycles. The molecule has 0 spiro atoms. The molecule has 0 unspecified atom stereocenters. The van der Waals surface area contributed by atoms with Gasteiger partial charge in [0.2, 0.25) is 0 Å². The van der Waals surface area contributed by atoms with E-state index in [1.54, 1.807) is 25.6 Å². The van der Waals surface area contributed by atoms with E-state index < -0.39 is 0 Å². The molecule has 5 rings (SSSR count). The fraction of sp³-hybridized carbons (Fsp3) is 0.192. The molecule has 1 aromatic heterocycles. The summed E-state index contributed by atoms with van der Waals surface area (Å²) >= 11 is 1.71. The van der Waals surface area contributed by atoms with Gasteiger partial charge in [0.05, 0.1) is 32.0 Å². The molecule has 4 aromatic rings. The first-order chi connectivity index (χ1) is 15.3. The van der Waals surface area contributed by atoms with E-state index in [9.17, 15) is 0 Å². The molecule has 0 radical (unpaired) electrons.